The van der Waals surface area contributed by atoms with Crippen molar-refractivity contribution in [1.29, 1.82) is 0 Å². The normalized spacial score (nSPS) is 20.9. The lowest BCUT2D eigenvalue weighted by atomic mass is 9.97. The molecule has 7 heteroatoms. The van der Waals surface area contributed by atoms with E-state index < -0.39 is 12.1 Å². The minimum absolute atomic E-state index is 0.0995. The maximum absolute atomic E-state index is 12.6. The number of ether oxygens (including phenoxy) is 1. The number of hydrogen-bond donors (Lipinski definition) is 1. The number of carbonyl (C=O) groups excluding carboxylic acids is 2. The zero-order valence-electron chi connectivity index (χ0n) is 13.1. The fraction of sp³-hybridized carbons (Fsp3) is 0.294. The number of amides is 2. The molecule has 126 valence electrons. The number of likely N-dealkylation sites (N-methyl/N-ethyl adjacent to an activating group) is 1. The molecule has 1 aromatic carbocycles. The molecule has 2 aromatic rings. The lowest BCUT2D eigenvalue weighted by Crippen LogP contribution is -2.52. The number of halogens is 1. The first-order valence-electron chi connectivity index (χ1n) is 7.49. The summed E-state index contributed by atoms with van der Waals surface area (Å²) >= 11 is 7.51. The van der Waals surface area contributed by atoms with Crippen LogP contribution in [0.5, 0.6) is 0 Å². The first kappa shape index (κ1) is 17.0. The molecule has 3 rings (SSSR count). The van der Waals surface area contributed by atoms with E-state index in [4.69, 9.17) is 16.3 Å². The monoisotopic (exact) mass is 364 g/mol. The number of rotatable bonds is 4. The van der Waals surface area contributed by atoms with Crippen molar-refractivity contribution in [3.05, 3.63) is 57.2 Å². The maximum Gasteiger partial charge on any atom is 0.251 e. The zero-order chi connectivity index (χ0) is 17.1. The number of carbonyl (C=O) groups is 2. The van der Waals surface area contributed by atoms with Gasteiger partial charge in [0.15, 0.2) is 6.10 Å². The van der Waals surface area contributed by atoms with Gasteiger partial charge in [0.05, 0.1) is 12.6 Å². The third-order valence-electron chi connectivity index (χ3n) is 3.97. The van der Waals surface area contributed by atoms with Gasteiger partial charge in [0.1, 0.15) is 6.61 Å². The Bertz CT molecular complexity index is 718. The first-order chi connectivity index (χ1) is 11.6. The van der Waals surface area contributed by atoms with Crippen molar-refractivity contribution in [2.45, 2.75) is 18.7 Å². The quantitative estimate of drug-likeness (QED) is 0.907. The van der Waals surface area contributed by atoms with Crippen molar-refractivity contribution in [3.8, 4) is 0 Å². The molecular weight excluding hydrogens is 348 g/mol. The molecule has 2 atom stereocenters. The molecule has 1 saturated heterocycles. The summed E-state index contributed by atoms with van der Waals surface area (Å²) in [7, 11) is 1.68. The van der Waals surface area contributed by atoms with Crippen LogP contribution < -0.4 is 5.32 Å². The first-order valence-corrected chi connectivity index (χ1v) is 8.75. The summed E-state index contributed by atoms with van der Waals surface area (Å²) in [5, 5.41) is 5.44. The average molecular weight is 365 g/mol. The van der Waals surface area contributed by atoms with Gasteiger partial charge in [-0.2, -0.15) is 0 Å². The Labute approximate surface area is 149 Å². The van der Waals surface area contributed by atoms with Gasteiger partial charge in [-0.25, -0.2) is 0 Å². The van der Waals surface area contributed by atoms with E-state index in [9.17, 15) is 9.59 Å². The minimum atomic E-state index is -0.756. The molecule has 1 N–H and O–H groups in total. The number of benzene rings is 1. The van der Waals surface area contributed by atoms with Gasteiger partial charge in [0.25, 0.3) is 5.91 Å². The van der Waals surface area contributed by atoms with Crippen molar-refractivity contribution in [1.82, 2.24) is 10.2 Å². The molecule has 1 aliphatic heterocycles. The Morgan fingerprint density at radius 2 is 2.12 bits per heavy atom. The van der Waals surface area contributed by atoms with Crippen LogP contribution in [0.4, 0.5) is 0 Å². The van der Waals surface area contributed by atoms with E-state index in [0.29, 0.717) is 11.6 Å². The van der Waals surface area contributed by atoms with E-state index in [2.05, 4.69) is 5.32 Å². The van der Waals surface area contributed by atoms with Crippen LogP contribution in [0.2, 0.25) is 5.02 Å². The van der Waals surface area contributed by atoms with E-state index in [1.54, 1.807) is 35.4 Å². The SMILES string of the molecule is CN1C(=O)CO[C@H](C(=O)NCc2cccs2)[C@@H]1c1ccc(Cl)cc1. The van der Waals surface area contributed by atoms with Crippen molar-refractivity contribution < 1.29 is 14.3 Å². The van der Waals surface area contributed by atoms with E-state index >= 15 is 0 Å². The summed E-state index contributed by atoms with van der Waals surface area (Å²) < 4.78 is 5.56. The highest BCUT2D eigenvalue weighted by atomic mass is 35.5. The predicted molar refractivity (Wildman–Crippen MR) is 92.9 cm³/mol. The van der Waals surface area contributed by atoms with E-state index in [1.807, 2.05) is 29.6 Å². The van der Waals surface area contributed by atoms with Crippen LogP contribution in [-0.4, -0.2) is 36.5 Å². The fourth-order valence-electron chi connectivity index (χ4n) is 2.68. The van der Waals surface area contributed by atoms with Gasteiger partial charge in [-0.05, 0) is 29.1 Å². The number of nitrogens with one attached hydrogen (secondary N) is 1. The van der Waals surface area contributed by atoms with Crippen molar-refractivity contribution >= 4 is 34.8 Å². The highest BCUT2D eigenvalue weighted by Gasteiger charge is 2.39. The van der Waals surface area contributed by atoms with Crippen molar-refractivity contribution in [2.24, 2.45) is 0 Å². The Morgan fingerprint density at radius 3 is 2.79 bits per heavy atom. The summed E-state index contributed by atoms with van der Waals surface area (Å²) in [6.45, 7) is 0.346. The lowest BCUT2D eigenvalue weighted by molar-refractivity contribution is -0.162. The van der Waals surface area contributed by atoms with E-state index in [0.717, 1.165) is 10.4 Å². The second kappa shape index (κ2) is 7.34. The number of morpholine rings is 1. The summed E-state index contributed by atoms with van der Waals surface area (Å²) in [5.41, 5.74) is 0.811. The molecule has 0 spiro atoms. The summed E-state index contributed by atoms with van der Waals surface area (Å²) in [4.78, 5) is 27.2. The largest absolute Gasteiger partial charge is 0.356 e. The molecule has 0 bridgehead atoms. The summed E-state index contributed by atoms with van der Waals surface area (Å²) in [6.07, 6.45) is -0.756. The van der Waals surface area contributed by atoms with E-state index in [-0.39, 0.29) is 18.4 Å². The molecule has 1 fully saturated rings. The van der Waals surface area contributed by atoms with Gasteiger partial charge in [-0.1, -0.05) is 29.8 Å². The molecule has 1 aliphatic rings. The van der Waals surface area contributed by atoms with Crippen LogP contribution in [-0.2, 0) is 20.9 Å². The second-order valence-electron chi connectivity index (χ2n) is 5.53. The minimum Gasteiger partial charge on any atom is -0.356 e. The molecule has 24 heavy (non-hydrogen) atoms. The Balaban J connectivity index is 1.79. The van der Waals surface area contributed by atoms with Crippen LogP contribution in [0.1, 0.15) is 16.5 Å². The number of hydrogen-bond acceptors (Lipinski definition) is 4. The number of nitrogens with zero attached hydrogens (tertiary/aromatic N) is 1. The predicted octanol–water partition coefficient (Wildman–Crippen LogP) is 2.62. The van der Waals surface area contributed by atoms with Gasteiger partial charge in [0, 0.05) is 16.9 Å². The van der Waals surface area contributed by atoms with Crippen LogP contribution in [0, 0.1) is 0 Å². The topological polar surface area (TPSA) is 58.6 Å². The Morgan fingerprint density at radius 1 is 1.38 bits per heavy atom. The van der Waals surface area contributed by atoms with Gasteiger partial charge in [-0.15, -0.1) is 11.3 Å². The Kier molecular flexibility index (Phi) is 5.18. The molecule has 0 saturated carbocycles. The summed E-state index contributed by atoms with van der Waals surface area (Å²) in [5.74, 6) is -0.389. The van der Waals surface area contributed by atoms with Crippen LogP contribution >= 0.6 is 22.9 Å². The highest BCUT2D eigenvalue weighted by molar-refractivity contribution is 7.09. The van der Waals surface area contributed by atoms with Crippen LogP contribution in [0.3, 0.4) is 0 Å². The molecule has 5 nitrogen and oxygen atoms in total. The van der Waals surface area contributed by atoms with E-state index in [1.165, 1.54) is 0 Å². The zero-order valence-corrected chi connectivity index (χ0v) is 14.6. The molecule has 1 aromatic heterocycles. The lowest BCUT2D eigenvalue weighted by Gasteiger charge is -2.38. The molecule has 0 aliphatic carbocycles. The van der Waals surface area contributed by atoms with Crippen molar-refractivity contribution in [3.63, 3.8) is 0 Å². The third kappa shape index (κ3) is 3.61. The molecule has 2 heterocycles. The van der Waals surface area contributed by atoms with Crippen molar-refractivity contribution in [2.75, 3.05) is 13.7 Å². The van der Waals surface area contributed by atoms with Gasteiger partial charge in [-0.3, -0.25) is 9.59 Å². The second-order valence-corrected chi connectivity index (χ2v) is 7.00. The van der Waals surface area contributed by atoms with Gasteiger partial charge >= 0.3 is 0 Å². The standard InChI is InChI=1S/C17H17ClN2O3S/c1-20-14(21)10-23-16(15(20)11-4-6-12(18)7-5-11)17(22)19-9-13-3-2-8-24-13/h2-8,15-16H,9-10H2,1H3,(H,19,22)/t15-,16-/m0/s1. The molecule has 0 unspecified atom stereocenters. The molecule has 2 amide bonds. The number of thiophene rings is 1. The van der Waals surface area contributed by atoms with Crippen LogP contribution in [0.15, 0.2) is 41.8 Å². The summed E-state index contributed by atoms with van der Waals surface area (Å²) in [6, 6.07) is 10.5. The third-order valence-corrected chi connectivity index (χ3v) is 5.10. The fourth-order valence-corrected chi connectivity index (χ4v) is 3.45. The highest BCUT2D eigenvalue weighted by Crippen LogP contribution is 2.30. The smallest absolute Gasteiger partial charge is 0.251 e. The van der Waals surface area contributed by atoms with Gasteiger partial charge < -0.3 is 15.0 Å². The van der Waals surface area contributed by atoms with Crippen LogP contribution in [0.25, 0.3) is 0 Å². The average Bonchev–Trinajstić information content (AvgIpc) is 3.09. The van der Waals surface area contributed by atoms with Gasteiger partial charge in [0.2, 0.25) is 5.91 Å². The Hall–Kier alpha value is -1.89. The molecule has 0 radical (unpaired) electrons. The molecular formula is C17H17ClN2O3S. The maximum atomic E-state index is 12.6.